The van der Waals surface area contributed by atoms with Crippen molar-refractivity contribution in [3.63, 3.8) is 0 Å². The second-order valence-electron chi connectivity index (χ2n) is 7.55. The van der Waals surface area contributed by atoms with Crippen LogP contribution in [0.2, 0.25) is 0 Å². The van der Waals surface area contributed by atoms with E-state index in [1.165, 1.54) is 0 Å². The topological polar surface area (TPSA) is 71.5 Å². The number of sulfonamides is 2. The van der Waals surface area contributed by atoms with Gasteiger partial charge in [-0.05, 0) is 0 Å². The number of hydrogen-bond donors (Lipinski definition) is 0. The number of hydrogen-bond acceptors (Lipinski definition) is 4. The molecule has 0 aliphatic carbocycles. The van der Waals surface area contributed by atoms with Gasteiger partial charge in [0.15, 0.2) is 0 Å². The molecule has 0 saturated carbocycles. The normalized spacial score (nSPS) is 16.0. The molecule has 0 aromatic rings. The summed E-state index contributed by atoms with van der Waals surface area (Å²) in [6.45, 7) is 1.20. The van der Waals surface area contributed by atoms with Crippen LogP contribution in [0, 0.1) is 0 Å². The molecule has 0 bridgehead atoms. The molecular weight excluding hydrogens is 467 g/mol. The first kappa shape index (κ1) is 28.9. The van der Waals surface area contributed by atoms with Crippen molar-refractivity contribution in [2.75, 3.05) is 25.2 Å². The number of alkyl halides is 6. The summed E-state index contributed by atoms with van der Waals surface area (Å²) in [7, 11) is -13.6. The second-order valence-corrected chi connectivity index (χ2v) is 18.1. The van der Waals surface area contributed by atoms with Gasteiger partial charge < -0.3 is 0 Å². The summed E-state index contributed by atoms with van der Waals surface area (Å²) >= 11 is 0. The van der Waals surface area contributed by atoms with Crippen molar-refractivity contribution in [2.24, 2.45) is 0 Å². The third-order valence-corrected chi connectivity index (χ3v) is 18.3. The van der Waals surface area contributed by atoms with Crippen molar-refractivity contribution in [1.82, 2.24) is 3.48 Å². The van der Waals surface area contributed by atoms with Gasteiger partial charge in [-0.1, -0.05) is 0 Å². The summed E-state index contributed by atoms with van der Waals surface area (Å²) in [4.78, 5) is 0. The first-order chi connectivity index (χ1) is 12.9. The molecule has 5 nitrogen and oxygen atoms in total. The molecule has 178 valence electrons. The Morgan fingerprint density at radius 3 is 1.07 bits per heavy atom. The Hall–Kier alpha value is -0.130. The van der Waals surface area contributed by atoms with Crippen LogP contribution >= 0.6 is 6.75 Å². The molecule has 0 aromatic heterocycles. The van der Waals surface area contributed by atoms with Crippen molar-refractivity contribution in [1.29, 1.82) is 0 Å². The first-order valence-electron chi connectivity index (χ1n) is 9.29. The molecule has 0 rings (SSSR count). The van der Waals surface area contributed by atoms with Crippen LogP contribution in [-0.4, -0.2) is 56.5 Å². The summed E-state index contributed by atoms with van der Waals surface area (Å²) in [6.07, 6.45) is 0.422. The maximum absolute atomic E-state index is 13.4. The standard InChI is InChI=1S/C15H30F6NO4PS2/c1-5-8-11-27(4,12-9-6-2,13-10-7-3)22(28(23,24)14(16,17)18)29(25,26)15(19,20)21/h5-13H2,1-4H3. The Balaban J connectivity index is 7.37. The Morgan fingerprint density at radius 1 is 0.655 bits per heavy atom. The molecule has 14 heteroatoms. The van der Waals surface area contributed by atoms with Crippen LogP contribution in [0.3, 0.4) is 0 Å². The van der Waals surface area contributed by atoms with E-state index < -0.39 is 41.3 Å². The van der Waals surface area contributed by atoms with E-state index in [1.807, 2.05) is 0 Å². The maximum atomic E-state index is 13.4. The molecule has 0 N–H and O–H groups in total. The zero-order valence-corrected chi connectivity index (χ0v) is 19.5. The van der Waals surface area contributed by atoms with Crippen LogP contribution in [-0.2, 0) is 20.0 Å². The molecule has 0 amide bonds. The monoisotopic (exact) mass is 497 g/mol. The molecule has 0 aromatic carbocycles. The zero-order valence-electron chi connectivity index (χ0n) is 17.0. The molecule has 0 fully saturated rings. The van der Waals surface area contributed by atoms with Gasteiger partial charge in [0.25, 0.3) is 0 Å². The average Bonchev–Trinajstić information content (AvgIpc) is 2.54. The average molecular weight is 498 g/mol. The van der Waals surface area contributed by atoms with Gasteiger partial charge in [-0.2, -0.15) is 0 Å². The van der Waals surface area contributed by atoms with Gasteiger partial charge in [-0.25, -0.2) is 0 Å². The summed E-state index contributed by atoms with van der Waals surface area (Å²) < 4.78 is 129. The van der Waals surface area contributed by atoms with Gasteiger partial charge in [0.2, 0.25) is 0 Å². The molecule has 29 heavy (non-hydrogen) atoms. The third kappa shape index (κ3) is 5.98. The van der Waals surface area contributed by atoms with E-state index >= 15 is 0 Å². The Labute approximate surface area is 169 Å². The van der Waals surface area contributed by atoms with E-state index in [2.05, 4.69) is 0 Å². The van der Waals surface area contributed by atoms with Crippen molar-refractivity contribution in [3.05, 3.63) is 0 Å². The van der Waals surface area contributed by atoms with E-state index in [0.717, 1.165) is 6.66 Å². The van der Waals surface area contributed by atoms with Crippen molar-refractivity contribution < 1.29 is 43.2 Å². The van der Waals surface area contributed by atoms with Crippen LogP contribution in [0.5, 0.6) is 0 Å². The minimum absolute atomic E-state index is 0.110. The summed E-state index contributed by atoms with van der Waals surface area (Å²) in [5.41, 5.74) is -12.4. The number of halogens is 6. The molecular formula is C15H30F6NO4PS2. The van der Waals surface area contributed by atoms with Crippen LogP contribution < -0.4 is 0 Å². The van der Waals surface area contributed by atoms with Gasteiger partial charge in [-0.3, -0.25) is 0 Å². The van der Waals surface area contributed by atoms with Crippen LogP contribution in [0.4, 0.5) is 26.3 Å². The first-order valence-corrected chi connectivity index (χ1v) is 15.4. The molecule has 0 radical (unpaired) electrons. The molecule has 0 aliphatic heterocycles. The van der Waals surface area contributed by atoms with Crippen molar-refractivity contribution in [3.8, 4) is 0 Å². The fraction of sp³-hybridized carbons (Fsp3) is 1.00. The van der Waals surface area contributed by atoms with Gasteiger partial charge in [0, 0.05) is 0 Å². The van der Waals surface area contributed by atoms with Crippen molar-refractivity contribution >= 4 is 26.8 Å². The van der Waals surface area contributed by atoms with Crippen LogP contribution in [0.25, 0.3) is 0 Å². The van der Waals surface area contributed by atoms with Crippen molar-refractivity contribution in [2.45, 2.75) is 70.3 Å². The molecule has 0 unspecified atom stereocenters. The Morgan fingerprint density at radius 2 is 0.897 bits per heavy atom. The zero-order chi connectivity index (χ0) is 23.4. The fourth-order valence-electron chi connectivity index (χ4n) is 3.39. The van der Waals surface area contributed by atoms with Crippen LogP contribution in [0.1, 0.15) is 59.3 Å². The molecule has 0 atom stereocenters. The molecule has 0 saturated heterocycles. The van der Waals surface area contributed by atoms with Gasteiger partial charge >= 0.3 is 169 Å². The Bertz CT molecular complexity index is 681. The van der Waals surface area contributed by atoms with E-state index in [0.29, 0.717) is 19.3 Å². The third-order valence-electron chi connectivity index (χ3n) is 4.96. The molecule has 0 spiro atoms. The summed E-state index contributed by atoms with van der Waals surface area (Å²) in [6, 6.07) is 0. The number of unbranched alkanes of at least 4 members (excludes halogenated alkanes) is 3. The van der Waals surface area contributed by atoms with E-state index in [9.17, 15) is 43.2 Å². The van der Waals surface area contributed by atoms with E-state index in [1.54, 1.807) is 20.8 Å². The fourth-order valence-corrected chi connectivity index (χ4v) is 17.5. The van der Waals surface area contributed by atoms with E-state index in [-0.39, 0.29) is 37.7 Å². The van der Waals surface area contributed by atoms with Crippen LogP contribution in [0.15, 0.2) is 0 Å². The minimum atomic E-state index is -6.80. The molecule has 0 aliphatic rings. The van der Waals surface area contributed by atoms with E-state index in [4.69, 9.17) is 0 Å². The molecule has 0 heterocycles. The van der Waals surface area contributed by atoms with Gasteiger partial charge in [0.1, 0.15) is 0 Å². The number of nitrogens with zero attached hydrogens (tertiary/aromatic N) is 1. The predicted molar refractivity (Wildman–Crippen MR) is 104 cm³/mol. The SMILES string of the molecule is CCCCP(C)(CCCC)(CCCC)N(S(=O)(=O)C(F)(F)F)S(=O)(=O)C(F)(F)F. The second kappa shape index (κ2) is 9.56. The predicted octanol–water partition coefficient (Wildman–Crippen LogP) is 5.49. The quantitative estimate of drug-likeness (QED) is 0.264. The van der Waals surface area contributed by atoms with Gasteiger partial charge in [0.05, 0.1) is 0 Å². The van der Waals surface area contributed by atoms with Gasteiger partial charge in [-0.15, -0.1) is 0 Å². The number of rotatable bonds is 12. The Kier molecular flexibility index (Phi) is 9.52. The summed E-state index contributed by atoms with van der Waals surface area (Å²) in [5.74, 6) is 0. The summed E-state index contributed by atoms with van der Waals surface area (Å²) in [5, 5.41) is 0.